The van der Waals surface area contributed by atoms with Gasteiger partial charge in [0.1, 0.15) is 0 Å². The fourth-order valence-corrected chi connectivity index (χ4v) is 3.59. The molecule has 0 aliphatic heterocycles. The molecular weight excluding hydrogens is 411 g/mol. The van der Waals surface area contributed by atoms with Crippen LogP contribution in [-0.4, -0.2) is 34.1 Å². The van der Waals surface area contributed by atoms with Gasteiger partial charge in [0.15, 0.2) is 0 Å². The van der Waals surface area contributed by atoms with E-state index in [0.29, 0.717) is 31.2 Å². The smallest absolute Gasteiger partial charge is 0.261 e. The number of halogens is 2. The van der Waals surface area contributed by atoms with Crippen LogP contribution >= 0.6 is 23.2 Å². The number of sulfonamides is 1. The highest BCUT2D eigenvalue weighted by Crippen LogP contribution is 2.23. The lowest BCUT2D eigenvalue weighted by Gasteiger charge is -2.11. The van der Waals surface area contributed by atoms with Crippen LogP contribution in [0.2, 0.25) is 10.0 Å². The molecule has 0 aliphatic carbocycles. The Morgan fingerprint density at radius 3 is 2.48 bits per heavy atom. The van der Waals surface area contributed by atoms with E-state index in [2.05, 4.69) is 10.0 Å². The molecule has 0 saturated heterocycles. The number of amides is 1. The predicted molar refractivity (Wildman–Crippen MR) is 107 cm³/mol. The Labute approximate surface area is 168 Å². The summed E-state index contributed by atoms with van der Waals surface area (Å²) in [5, 5.41) is 3.39. The van der Waals surface area contributed by atoms with E-state index in [0.717, 1.165) is 0 Å². The Morgan fingerprint density at radius 2 is 1.81 bits per heavy atom. The van der Waals surface area contributed by atoms with Gasteiger partial charge in [-0.3, -0.25) is 9.52 Å². The van der Waals surface area contributed by atoms with E-state index in [1.807, 2.05) is 6.92 Å². The van der Waals surface area contributed by atoms with Gasteiger partial charge in [0, 0.05) is 30.5 Å². The zero-order valence-corrected chi connectivity index (χ0v) is 17.0. The first-order valence-corrected chi connectivity index (χ1v) is 10.5. The number of hydrogen-bond acceptors (Lipinski definition) is 4. The van der Waals surface area contributed by atoms with Crippen molar-refractivity contribution < 1.29 is 17.9 Å². The number of anilines is 1. The van der Waals surface area contributed by atoms with Crippen molar-refractivity contribution >= 4 is 44.8 Å². The molecular formula is C18H20Cl2N2O4S. The van der Waals surface area contributed by atoms with Crippen molar-refractivity contribution in [2.45, 2.75) is 18.2 Å². The zero-order valence-electron chi connectivity index (χ0n) is 14.7. The lowest BCUT2D eigenvalue weighted by atomic mass is 10.2. The van der Waals surface area contributed by atoms with E-state index in [4.69, 9.17) is 27.9 Å². The molecule has 1 amide bonds. The standard InChI is InChI=1S/C18H20Cl2N2O4S/c1-2-26-11-3-10-21-18(23)16-12-14(6-9-17(16)20)22-27(24,25)15-7-4-13(19)5-8-15/h4-9,12,22H,2-3,10-11H2,1H3,(H,21,23). The molecule has 2 rings (SSSR count). The highest BCUT2D eigenvalue weighted by molar-refractivity contribution is 7.92. The Hall–Kier alpha value is -1.80. The van der Waals surface area contributed by atoms with Crippen LogP contribution in [0.5, 0.6) is 0 Å². The van der Waals surface area contributed by atoms with Crippen LogP contribution in [0, 0.1) is 0 Å². The molecule has 6 nitrogen and oxygen atoms in total. The average Bonchev–Trinajstić information content (AvgIpc) is 2.63. The summed E-state index contributed by atoms with van der Waals surface area (Å²) in [7, 11) is -3.81. The van der Waals surface area contributed by atoms with Crippen LogP contribution < -0.4 is 10.0 Å². The molecule has 0 atom stereocenters. The van der Waals surface area contributed by atoms with Crippen molar-refractivity contribution in [3.05, 3.63) is 58.1 Å². The Bertz CT molecular complexity index is 887. The molecule has 2 aromatic carbocycles. The minimum atomic E-state index is -3.81. The molecule has 0 unspecified atom stereocenters. The SMILES string of the molecule is CCOCCCNC(=O)c1cc(NS(=O)(=O)c2ccc(Cl)cc2)ccc1Cl. The molecule has 2 N–H and O–H groups in total. The molecule has 9 heteroatoms. The zero-order chi connectivity index (χ0) is 19.9. The van der Waals surface area contributed by atoms with Crippen LogP contribution in [0.25, 0.3) is 0 Å². The predicted octanol–water partition coefficient (Wildman–Crippen LogP) is 3.95. The number of hydrogen-bond donors (Lipinski definition) is 2. The molecule has 27 heavy (non-hydrogen) atoms. The summed E-state index contributed by atoms with van der Waals surface area (Å²) >= 11 is 11.9. The fourth-order valence-electron chi connectivity index (χ4n) is 2.21. The van der Waals surface area contributed by atoms with Crippen molar-refractivity contribution in [1.82, 2.24) is 5.32 Å². The largest absolute Gasteiger partial charge is 0.382 e. The van der Waals surface area contributed by atoms with Gasteiger partial charge < -0.3 is 10.1 Å². The minimum absolute atomic E-state index is 0.0591. The molecule has 146 valence electrons. The van der Waals surface area contributed by atoms with Gasteiger partial charge in [-0.05, 0) is 55.8 Å². The second kappa shape index (κ2) is 9.94. The van der Waals surface area contributed by atoms with Gasteiger partial charge in [0.25, 0.3) is 15.9 Å². The van der Waals surface area contributed by atoms with E-state index in [1.54, 1.807) is 0 Å². The maximum atomic E-state index is 12.4. The van der Waals surface area contributed by atoms with Gasteiger partial charge >= 0.3 is 0 Å². The lowest BCUT2D eigenvalue weighted by Crippen LogP contribution is -2.25. The van der Waals surface area contributed by atoms with Crippen LogP contribution in [0.3, 0.4) is 0 Å². The van der Waals surface area contributed by atoms with Crippen LogP contribution in [0.4, 0.5) is 5.69 Å². The first-order valence-electron chi connectivity index (χ1n) is 8.27. The first-order chi connectivity index (χ1) is 12.8. The van der Waals surface area contributed by atoms with Crippen LogP contribution in [0.1, 0.15) is 23.7 Å². The Kier molecular flexibility index (Phi) is 7.91. The third kappa shape index (κ3) is 6.39. The molecule has 0 heterocycles. The van der Waals surface area contributed by atoms with E-state index < -0.39 is 10.0 Å². The maximum absolute atomic E-state index is 12.4. The van der Waals surface area contributed by atoms with Crippen LogP contribution in [0.15, 0.2) is 47.4 Å². The summed E-state index contributed by atoms with van der Waals surface area (Å²) in [6, 6.07) is 10.1. The number of benzene rings is 2. The summed E-state index contributed by atoms with van der Waals surface area (Å²) in [5.74, 6) is -0.385. The molecule has 0 aromatic heterocycles. The Balaban J connectivity index is 2.09. The highest BCUT2D eigenvalue weighted by Gasteiger charge is 2.16. The number of ether oxygens (including phenoxy) is 1. The first kappa shape index (κ1) is 21.5. The highest BCUT2D eigenvalue weighted by atomic mass is 35.5. The molecule has 0 bridgehead atoms. The summed E-state index contributed by atoms with van der Waals surface area (Å²) < 4.78 is 32.5. The second-order valence-electron chi connectivity index (χ2n) is 5.56. The molecule has 0 saturated carbocycles. The van der Waals surface area contributed by atoms with E-state index in [1.165, 1.54) is 42.5 Å². The fraction of sp³-hybridized carbons (Fsp3) is 0.278. The monoisotopic (exact) mass is 430 g/mol. The van der Waals surface area contributed by atoms with E-state index in [-0.39, 0.29) is 27.1 Å². The van der Waals surface area contributed by atoms with Crippen LogP contribution in [-0.2, 0) is 14.8 Å². The van der Waals surface area contributed by atoms with E-state index in [9.17, 15) is 13.2 Å². The van der Waals surface area contributed by atoms with Crippen molar-refractivity contribution in [3.63, 3.8) is 0 Å². The maximum Gasteiger partial charge on any atom is 0.261 e. The topological polar surface area (TPSA) is 84.5 Å². The van der Waals surface area contributed by atoms with Gasteiger partial charge in [0.05, 0.1) is 15.5 Å². The minimum Gasteiger partial charge on any atom is -0.382 e. The van der Waals surface area contributed by atoms with Gasteiger partial charge in [-0.15, -0.1) is 0 Å². The van der Waals surface area contributed by atoms with E-state index >= 15 is 0 Å². The second-order valence-corrected chi connectivity index (χ2v) is 8.09. The molecule has 0 fully saturated rings. The normalized spacial score (nSPS) is 11.2. The number of carbonyl (C=O) groups is 1. The van der Waals surface area contributed by atoms with Gasteiger partial charge in [-0.1, -0.05) is 23.2 Å². The van der Waals surface area contributed by atoms with Gasteiger partial charge in [0.2, 0.25) is 0 Å². The van der Waals surface area contributed by atoms with Crippen molar-refractivity contribution in [2.75, 3.05) is 24.5 Å². The molecule has 0 radical (unpaired) electrons. The third-order valence-electron chi connectivity index (χ3n) is 3.54. The lowest BCUT2D eigenvalue weighted by molar-refractivity contribution is 0.0944. The van der Waals surface area contributed by atoms with Gasteiger partial charge in [-0.2, -0.15) is 0 Å². The third-order valence-corrected chi connectivity index (χ3v) is 5.52. The summed E-state index contributed by atoms with van der Waals surface area (Å²) in [6.45, 7) is 3.49. The molecule has 2 aromatic rings. The molecule has 0 aliphatic rings. The average molecular weight is 431 g/mol. The van der Waals surface area contributed by atoms with Crippen molar-refractivity contribution in [3.8, 4) is 0 Å². The van der Waals surface area contributed by atoms with Gasteiger partial charge in [-0.25, -0.2) is 8.42 Å². The summed E-state index contributed by atoms with van der Waals surface area (Å²) in [6.07, 6.45) is 0.667. The van der Waals surface area contributed by atoms with Crippen molar-refractivity contribution in [1.29, 1.82) is 0 Å². The van der Waals surface area contributed by atoms with Crippen molar-refractivity contribution in [2.24, 2.45) is 0 Å². The number of carbonyl (C=O) groups excluding carboxylic acids is 1. The number of nitrogens with one attached hydrogen (secondary N) is 2. The Morgan fingerprint density at radius 1 is 1.11 bits per heavy atom. The summed E-state index contributed by atoms with van der Waals surface area (Å²) in [4.78, 5) is 12.4. The summed E-state index contributed by atoms with van der Waals surface area (Å²) in [5.41, 5.74) is 0.415. The molecule has 0 spiro atoms. The quantitative estimate of drug-likeness (QED) is 0.589. The number of rotatable bonds is 9.